The Bertz CT molecular complexity index is 1060. The number of ketones is 1. The molecule has 0 radical (unpaired) electrons. The van der Waals surface area contributed by atoms with Gasteiger partial charge < -0.3 is 19.4 Å². The van der Waals surface area contributed by atoms with Gasteiger partial charge in [0.1, 0.15) is 11.3 Å². The Morgan fingerprint density at radius 2 is 1.75 bits per heavy atom. The average Bonchev–Trinajstić information content (AvgIpc) is 3.34. The molecule has 1 saturated heterocycles. The van der Waals surface area contributed by atoms with E-state index in [4.69, 9.17) is 9.15 Å². The number of amides is 2. The van der Waals surface area contributed by atoms with Crippen molar-refractivity contribution in [3.63, 3.8) is 0 Å². The summed E-state index contributed by atoms with van der Waals surface area (Å²) >= 11 is 1.11. The fraction of sp³-hybridized carbons (Fsp3) is 0.250. The number of hydrogen-bond donors (Lipinski definition) is 1. The molecule has 4 rings (SSSR count). The molecule has 0 atom stereocenters. The summed E-state index contributed by atoms with van der Waals surface area (Å²) in [5.74, 6) is -0.675. The lowest BCUT2D eigenvalue weighted by atomic mass is 10.2. The Hall–Kier alpha value is -2.97. The van der Waals surface area contributed by atoms with Crippen molar-refractivity contribution in [2.45, 2.75) is 6.92 Å². The van der Waals surface area contributed by atoms with E-state index in [9.17, 15) is 14.4 Å². The second-order valence-electron chi connectivity index (χ2n) is 6.38. The van der Waals surface area contributed by atoms with Crippen molar-refractivity contribution in [3.8, 4) is 0 Å². The van der Waals surface area contributed by atoms with Gasteiger partial charge in [-0.3, -0.25) is 14.4 Å². The lowest BCUT2D eigenvalue weighted by Gasteiger charge is -2.26. The molecule has 3 aromatic rings. The van der Waals surface area contributed by atoms with Gasteiger partial charge in [0.05, 0.1) is 23.0 Å². The Balaban J connectivity index is 1.69. The molecule has 3 heterocycles. The number of fused-ring (bicyclic) bond motifs is 1. The Morgan fingerprint density at radius 1 is 1.04 bits per heavy atom. The summed E-state index contributed by atoms with van der Waals surface area (Å²) in [5, 5.41) is 3.46. The van der Waals surface area contributed by atoms with Gasteiger partial charge in [0.15, 0.2) is 5.78 Å². The second kappa shape index (κ2) is 7.57. The van der Waals surface area contributed by atoms with Crippen molar-refractivity contribution in [2.24, 2.45) is 0 Å². The van der Waals surface area contributed by atoms with Crippen LogP contribution in [0.1, 0.15) is 36.8 Å². The Labute approximate surface area is 164 Å². The summed E-state index contributed by atoms with van der Waals surface area (Å²) in [4.78, 5) is 39.8. The molecule has 8 heteroatoms. The number of Topliss-reactive ketones (excluding diaryl/α,β-unsaturated/α-hetero) is 1. The number of rotatable bonds is 4. The highest BCUT2D eigenvalue weighted by Crippen LogP contribution is 2.33. The SMILES string of the molecule is CC(=O)c1ccc(C(=O)Nc2c(C(=O)N3CCOCC3)oc3ccccc23)s1. The van der Waals surface area contributed by atoms with E-state index in [0.29, 0.717) is 52.7 Å². The van der Waals surface area contributed by atoms with Crippen molar-refractivity contribution >= 4 is 45.6 Å². The van der Waals surface area contributed by atoms with Crippen molar-refractivity contribution in [1.82, 2.24) is 4.90 Å². The number of anilines is 1. The Morgan fingerprint density at radius 3 is 2.46 bits per heavy atom. The average molecular weight is 398 g/mol. The molecule has 144 valence electrons. The van der Waals surface area contributed by atoms with E-state index < -0.39 is 0 Å². The van der Waals surface area contributed by atoms with Crippen molar-refractivity contribution in [3.05, 3.63) is 51.9 Å². The molecule has 7 nitrogen and oxygen atoms in total. The van der Waals surface area contributed by atoms with Crippen LogP contribution in [0.15, 0.2) is 40.8 Å². The molecule has 28 heavy (non-hydrogen) atoms. The van der Waals surface area contributed by atoms with Gasteiger partial charge in [-0.1, -0.05) is 12.1 Å². The van der Waals surface area contributed by atoms with Gasteiger partial charge in [0.2, 0.25) is 5.76 Å². The first-order chi connectivity index (χ1) is 13.5. The maximum Gasteiger partial charge on any atom is 0.291 e. The van der Waals surface area contributed by atoms with E-state index >= 15 is 0 Å². The van der Waals surface area contributed by atoms with Crippen LogP contribution in [-0.4, -0.2) is 48.8 Å². The zero-order valence-electron chi connectivity index (χ0n) is 15.2. The largest absolute Gasteiger partial charge is 0.449 e. The number of nitrogens with one attached hydrogen (secondary N) is 1. The van der Waals surface area contributed by atoms with E-state index in [-0.39, 0.29) is 23.4 Å². The van der Waals surface area contributed by atoms with E-state index in [1.54, 1.807) is 35.2 Å². The Kier molecular flexibility index (Phi) is 4.97. The van der Waals surface area contributed by atoms with Gasteiger partial charge in [-0.05, 0) is 31.2 Å². The summed E-state index contributed by atoms with van der Waals surface area (Å²) in [7, 11) is 0. The molecule has 0 spiro atoms. The quantitative estimate of drug-likeness (QED) is 0.680. The maximum absolute atomic E-state index is 13.0. The number of carbonyl (C=O) groups excluding carboxylic acids is 3. The third-order valence-corrected chi connectivity index (χ3v) is 5.69. The number of furan rings is 1. The zero-order chi connectivity index (χ0) is 19.7. The van der Waals surface area contributed by atoms with Crippen molar-refractivity contribution < 1.29 is 23.5 Å². The monoisotopic (exact) mass is 398 g/mol. The lowest BCUT2D eigenvalue weighted by Crippen LogP contribution is -2.40. The van der Waals surface area contributed by atoms with Crippen LogP contribution < -0.4 is 5.32 Å². The minimum atomic E-state index is -0.389. The second-order valence-corrected chi connectivity index (χ2v) is 7.46. The first kappa shape index (κ1) is 18.4. The summed E-state index contributed by atoms with van der Waals surface area (Å²) in [6, 6.07) is 10.4. The highest BCUT2D eigenvalue weighted by atomic mass is 32.1. The van der Waals surface area contributed by atoms with Crippen LogP contribution in [0.25, 0.3) is 11.0 Å². The number of ether oxygens (including phenoxy) is 1. The number of benzene rings is 1. The van der Waals surface area contributed by atoms with Crippen LogP contribution in [0, 0.1) is 0 Å². The molecule has 1 N–H and O–H groups in total. The minimum absolute atomic E-state index is 0.0963. The van der Waals surface area contributed by atoms with E-state index in [0.717, 1.165) is 11.3 Å². The molecule has 2 aromatic heterocycles. The predicted molar refractivity (Wildman–Crippen MR) is 105 cm³/mol. The molecule has 0 saturated carbocycles. The molecule has 0 unspecified atom stereocenters. The van der Waals surface area contributed by atoms with Crippen LogP contribution in [-0.2, 0) is 4.74 Å². The fourth-order valence-electron chi connectivity index (χ4n) is 3.05. The number of thiophene rings is 1. The van der Waals surface area contributed by atoms with Crippen molar-refractivity contribution in [1.29, 1.82) is 0 Å². The number of carbonyl (C=O) groups is 3. The maximum atomic E-state index is 13.0. The summed E-state index contributed by atoms with van der Waals surface area (Å²) < 4.78 is 11.1. The van der Waals surface area contributed by atoms with Gasteiger partial charge in [0, 0.05) is 18.5 Å². The fourth-order valence-corrected chi connectivity index (χ4v) is 3.85. The van der Waals surface area contributed by atoms with Gasteiger partial charge >= 0.3 is 0 Å². The third kappa shape index (κ3) is 3.44. The normalized spacial score (nSPS) is 14.2. The van der Waals surface area contributed by atoms with Crippen LogP contribution in [0.4, 0.5) is 5.69 Å². The molecule has 1 aliphatic heterocycles. The number of nitrogens with zero attached hydrogens (tertiary/aromatic N) is 1. The molecule has 0 bridgehead atoms. The molecule has 0 aliphatic carbocycles. The van der Waals surface area contributed by atoms with Gasteiger partial charge in [0.25, 0.3) is 11.8 Å². The third-order valence-electron chi connectivity index (χ3n) is 4.50. The number of para-hydroxylation sites is 1. The first-order valence-electron chi connectivity index (χ1n) is 8.85. The summed E-state index contributed by atoms with van der Waals surface area (Å²) in [5.41, 5.74) is 0.861. The van der Waals surface area contributed by atoms with Gasteiger partial charge in [-0.25, -0.2) is 0 Å². The van der Waals surface area contributed by atoms with E-state index in [1.807, 2.05) is 6.07 Å². The summed E-state index contributed by atoms with van der Waals surface area (Å²) in [6.45, 7) is 3.33. The highest BCUT2D eigenvalue weighted by molar-refractivity contribution is 7.16. The van der Waals surface area contributed by atoms with Crippen LogP contribution in [0.3, 0.4) is 0 Å². The molecule has 1 fully saturated rings. The molecule has 1 aromatic carbocycles. The van der Waals surface area contributed by atoms with Gasteiger partial charge in [-0.15, -0.1) is 11.3 Å². The smallest absolute Gasteiger partial charge is 0.291 e. The lowest BCUT2D eigenvalue weighted by molar-refractivity contribution is 0.0285. The zero-order valence-corrected chi connectivity index (χ0v) is 16.0. The first-order valence-corrected chi connectivity index (χ1v) is 9.67. The molecule has 2 amide bonds. The molecular formula is C20H18N2O5S. The highest BCUT2D eigenvalue weighted by Gasteiger charge is 2.28. The van der Waals surface area contributed by atoms with E-state index in [1.165, 1.54) is 6.92 Å². The van der Waals surface area contributed by atoms with Crippen LogP contribution in [0.5, 0.6) is 0 Å². The van der Waals surface area contributed by atoms with Crippen LogP contribution >= 0.6 is 11.3 Å². The minimum Gasteiger partial charge on any atom is -0.449 e. The van der Waals surface area contributed by atoms with Crippen molar-refractivity contribution in [2.75, 3.05) is 31.6 Å². The molecular weight excluding hydrogens is 380 g/mol. The topological polar surface area (TPSA) is 88.9 Å². The van der Waals surface area contributed by atoms with Crippen LogP contribution in [0.2, 0.25) is 0 Å². The standard InChI is InChI=1S/C20H18N2O5S/c1-12(23)15-6-7-16(28-15)19(24)21-17-13-4-2-3-5-14(13)27-18(17)20(25)22-8-10-26-11-9-22/h2-7H,8-11H2,1H3,(H,21,24). The number of morpholine rings is 1. The van der Waals surface area contributed by atoms with Gasteiger partial charge in [-0.2, -0.15) is 0 Å². The molecule has 1 aliphatic rings. The van der Waals surface area contributed by atoms with E-state index in [2.05, 4.69) is 5.32 Å². The predicted octanol–water partition coefficient (Wildman–Crippen LogP) is 3.42. The summed E-state index contributed by atoms with van der Waals surface area (Å²) in [6.07, 6.45) is 0. The number of hydrogen-bond acceptors (Lipinski definition) is 6.